The first-order chi connectivity index (χ1) is 13.6. The van der Waals surface area contributed by atoms with E-state index >= 15 is 0 Å². The Balaban J connectivity index is 1.46. The summed E-state index contributed by atoms with van der Waals surface area (Å²) in [6.07, 6.45) is 1.58. The predicted molar refractivity (Wildman–Crippen MR) is 104 cm³/mol. The number of rotatable bonds is 6. The fraction of sp³-hybridized carbons (Fsp3) is 0.619. The molecule has 0 aliphatic carbocycles. The second-order valence-corrected chi connectivity index (χ2v) is 7.53. The first-order valence-electron chi connectivity index (χ1n) is 10.2. The third-order valence-electron chi connectivity index (χ3n) is 5.62. The van der Waals surface area contributed by atoms with Gasteiger partial charge in [-0.3, -0.25) is 14.5 Å². The van der Waals surface area contributed by atoms with Crippen molar-refractivity contribution in [2.24, 2.45) is 5.92 Å². The number of ether oxygens (including phenoxy) is 1. The SMILES string of the molecule is CCN(Cc1cccc(F)c1)C(=O)CN1CCC(C(=O)N2CCOCC2)CC1. The summed E-state index contributed by atoms with van der Waals surface area (Å²) in [6, 6.07) is 6.38. The lowest BCUT2D eigenvalue weighted by atomic mass is 9.95. The summed E-state index contributed by atoms with van der Waals surface area (Å²) >= 11 is 0. The molecule has 0 saturated carbocycles. The van der Waals surface area contributed by atoms with Crippen LogP contribution in [0.15, 0.2) is 24.3 Å². The highest BCUT2D eigenvalue weighted by atomic mass is 19.1. The van der Waals surface area contributed by atoms with E-state index in [1.54, 1.807) is 11.0 Å². The van der Waals surface area contributed by atoms with Crippen LogP contribution in [0.5, 0.6) is 0 Å². The minimum absolute atomic E-state index is 0.0460. The molecule has 2 aliphatic heterocycles. The zero-order chi connectivity index (χ0) is 19.9. The van der Waals surface area contributed by atoms with Crippen molar-refractivity contribution in [3.8, 4) is 0 Å². The molecule has 2 aliphatic rings. The molecule has 1 aromatic carbocycles. The van der Waals surface area contributed by atoms with Gasteiger partial charge in [-0.15, -0.1) is 0 Å². The highest BCUT2D eigenvalue weighted by Crippen LogP contribution is 2.20. The molecule has 2 amide bonds. The van der Waals surface area contributed by atoms with Gasteiger partial charge >= 0.3 is 0 Å². The number of likely N-dealkylation sites (N-methyl/N-ethyl adjacent to an activating group) is 1. The Kier molecular flexibility index (Phi) is 7.39. The minimum Gasteiger partial charge on any atom is -0.378 e. The molecule has 0 spiro atoms. The average molecular weight is 391 g/mol. The van der Waals surface area contributed by atoms with Gasteiger partial charge < -0.3 is 14.5 Å². The van der Waals surface area contributed by atoms with E-state index in [4.69, 9.17) is 4.74 Å². The molecule has 0 atom stereocenters. The number of piperidine rings is 1. The van der Waals surface area contributed by atoms with Crippen LogP contribution >= 0.6 is 0 Å². The molecule has 0 N–H and O–H groups in total. The van der Waals surface area contributed by atoms with E-state index in [2.05, 4.69) is 4.90 Å². The first-order valence-corrected chi connectivity index (χ1v) is 10.2. The molecule has 0 radical (unpaired) electrons. The third-order valence-corrected chi connectivity index (χ3v) is 5.62. The van der Waals surface area contributed by atoms with Gasteiger partial charge in [-0.2, -0.15) is 0 Å². The van der Waals surface area contributed by atoms with E-state index in [9.17, 15) is 14.0 Å². The highest BCUT2D eigenvalue weighted by molar-refractivity contribution is 5.79. The van der Waals surface area contributed by atoms with Crippen molar-refractivity contribution in [1.82, 2.24) is 14.7 Å². The van der Waals surface area contributed by atoms with E-state index < -0.39 is 0 Å². The second-order valence-electron chi connectivity index (χ2n) is 7.53. The van der Waals surface area contributed by atoms with E-state index in [1.165, 1.54) is 12.1 Å². The van der Waals surface area contributed by atoms with Gasteiger partial charge in [0.2, 0.25) is 11.8 Å². The van der Waals surface area contributed by atoms with Crippen LogP contribution in [-0.4, -0.2) is 79.0 Å². The van der Waals surface area contributed by atoms with E-state index in [0.29, 0.717) is 45.9 Å². The predicted octanol–water partition coefficient (Wildman–Crippen LogP) is 1.75. The molecule has 0 aromatic heterocycles. The van der Waals surface area contributed by atoms with Gasteiger partial charge in [0, 0.05) is 32.1 Å². The maximum atomic E-state index is 13.4. The van der Waals surface area contributed by atoms with Crippen LogP contribution in [0.4, 0.5) is 4.39 Å². The maximum absolute atomic E-state index is 13.4. The van der Waals surface area contributed by atoms with Gasteiger partial charge in [0.15, 0.2) is 0 Å². The Morgan fingerprint density at radius 2 is 1.89 bits per heavy atom. The summed E-state index contributed by atoms with van der Waals surface area (Å²) in [6.45, 7) is 7.40. The number of benzene rings is 1. The van der Waals surface area contributed by atoms with Gasteiger partial charge in [-0.05, 0) is 50.6 Å². The van der Waals surface area contributed by atoms with Gasteiger partial charge in [-0.25, -0.2) is 4.39 Å². The molecule has 2 fully saturated rings. The summed E-state index contributed by atoms with van der Waals surface area (Å²) in [5.41, 5.74) is 0.796. The first kappa shape index (κ1) is 20.7. The summed E-state index contributed by atoms with van der Waals surface area (Å²) in [5.74, 6) is 0.0484. The largest absolute Gasteiger partial charge is 0.378 e. The molecular formula is C21H30FN3O3. The van der Waals surface area contributed by atoms with Crippen molar-refractivity contribution < 1.29 is 18.7 Å². The van der Waals surface area contributed by atoms with Crippen LogP contribution in [0.25, 0.3) is 0 Å². The molecule has 0 bridgehead atoms. The molecule has 2 saturated heterocycles. The van der Waals surface area contributed by atoms with Crippen LogP contribution in [0.3, 0.4) is 0 Å². The van der Waals surface area contributed by atoms with E-state index in [1.807, 2.05) is 17.9 Å². The maximum Gasteiger partial charge on any atom is 0.237 e. The van der Waals surface area contributed by atoms with Crippen LogP contribution < -0.4 is 0 Å². The molecule has 3 rings (SSSR count). The zero-order valence-electron chi connectivity index (χ0n) is 16.6. The molecule has 154 valence electrons. The number of halogens is 1. The van der Waals surface area contributed by atoms with Crippen molar-refractivity contribution in [3.05, 3.63) is 35.6 Å². The van der Waals surface area contributed by atoms with E-state index in [0.717, 1.165) is 31.5 Å². The van der Waals surface area contributed by atoms with Crippen molar-refractivity contribution in [2.45, 2.75) is 26.3 Å². The van der Waals surface area contributed by atoms with Crippen LogP contribution in [-0.2, 0) is 20.9 Å². The van der Waals surface area contributed by atoms with Gasteiger partial charge in [0.1, 0.15) is 5.82 Å². The normalized spacial score (nSPS) is 18.9. The lowest BCUT2D eigenvalue weighted by Gasteiger charge is -2.35. The van der Waals surface area contributed by atoms with Gasteiger partial charge in [0.25, 0.3) is 0 Å². The lowest BCUT2D eigenvalue weighted by Crippen LogP contribution is -2.48. The number of nitrogens with zero attached hydrogens (tertiary/aromatic N) is 3. The number of morpholine rings is 1. The monoisotopic (exact) mass is 391 g/mol. The second kappa shape index (κ2) is 9.98. The molecule has 0 unspecified atom stereocenters. The number of carbonyl (C=O) groups is 2. The van der Waals surface area contributed by atoms with Gasteiger partial charge in [-0.1, -0.05) is 12.1 Å². The Bertz CT molecular complexity index is 671. The third kappa shape index (κ3) is 5.52. The molecule has 28 heavy (non-hydrogen) atoms. The quantitative estimate of drug-likeness (QED) is 0.741. The Hall–Kier alpha value is -1.99. The number of hydrogen-bond donors (Lipinski definition) is 0. The molecular weight excluding hydrogens is 361 g/mol. The Labute approximate surface area is 166 Å². The summed E-state index contributed by atoms with van der Waals surface area (Å²) in [7, 11) is 0. The fourth-order valence-corrected chi connectivity index (χ4v) is 3.90. The zero-order valence-corrected chi connectivity index (χ0v) is 16.6. The van der Waals surface area contributed by atoms with Crippen molar-refractivity contribution in [1.29, 1.82) is 0 Å². The van der Waals surface area contributed by atoms with Crippen molar-refractivity contribution in [2.75, 3.05) is 52.5 Å². The molecule has 1 aromatic rings. The summed E-state index contributed by atoms with van der Waals surface area (Å²) in [4.78, 5) is 31.1. The summed E-state index contributed by atoms with van der Waals surface area (Å²) < 4.78 is 18.7. The lowest BCUT2D eigenvalue weighted by molar-refractivity contribution is -0.141. The Morgan fingerprint density at radius 3 is 2.54 bits per heavy atom. The van der Waals surface area contributed by atoms with Gasteiger partial charge in [0.05, 0.1) is 19.8 Å². The summed E-state index contributed by atoms with van der Waals surface area (Å²) in [5, 5.41) is 0. The standard InChI is InChI=1S/C21H30FN3O3/c1-2-24(15-17-4-3-5-19(22)14-17)20(26)16-23-8-6-18(7-9-23)21(27)25-10-12-28-13-11-25/h3-5,14,18H,2,6-13,15-16H2,1H3. The van der Waals surface area contributed by atoms with E-state index in [-0.39, 0.29) is 23.5 Å². The number of carbonyl (C=O) groups excluding carboxylic acids is 2. The number of likely N-dealkylation sites (tertiary alicyclic amines) is 1. The van der Waals surface area contributed by atoms with Crippen LogP contribution in [0.1, 0.15) is 25.3 Å². The number of hydrogen-bond acceptors (Lipinski definition) is 4. The minimum atomic E-state index is -0.284. The van der Waals surface area contributed by atoms with Crippen LogP contribution in [0.2, 0.25) is 0 Å². The number of amides is 2. The molecule has 6 nitrogen and oxygen atoms in total. The highest BCUT2D eigenvalue weighted by Gasteiger charge is 2.30. The average Bonchev–Trinajstić information content (AvgIpc) is 2.72. The topological polar surface area (TPSA) is 53.1 Å². The van der Waals surface area contributed by atoms with Crippen molar-refractivity contribution >= 4 is 11.8 Å². The van der Waals surface area contributed by atoms with Crippen molar-refractivity contribution in [3.63, 3.8) is 0 Å². The molecule has 2 heterocycles. The fourth-order valence-electron chi connectivity index (χ4n) is 3.90. The Morgan fingerprint density at radius 1 is 1.18 bits per heavy atom. The van der Waals surface area contributed by atoms with Crippen LogP contribution in [0, 0.1) is 11.7 Å². The molecule has 7 heteroatoms. The smallest absolute Gasteiger partial charge is 0.237 e.